The summed E-state index contributed by atoms with van der Waals surface area (Å²) in [6.45, 7) is 3.71. The molecule has 2 aliphatic rings. The lowest BCUT2D eigenvalue weighted by atomic mass is 9.89. The lowest BCUT2D eigenvalue weighted by Gasteiger charge is -2.45. The van der Waals surface area contributed by atoms with Crippen LogP contribution in [-0.2, 0) is 4.74 Å². The van der Waals surface area contributed by atoms with E-state index in [4.69, 9.17) is 22.1 Å². The summed E-state index contributed by atoms with van der Waals surface area (Å²) in [4.78, 5) is 2.45. The van der Waals surface area contributed by atoms with Crippen molar-refractivity contribution in [3.05, 3.63) is 28.8 Å². The lowest BCUT2D eigenvalue weighted by Crippen LogP contribution is -2.52. The maximum absolute atomic E-state index is 6.50. The maximum atomic E-state index is 6.50. The molecule has 1 aliphatic carbocycles. The van der Waals surface area contributed by atoms with Crippen LogP contribution in [0.15, 0.2) is 18.2 Å². The maximum Gasteiger partial charge on any atom is 0.0779 e. The van der Waals surface area contributed by atoms with Gasteiger partial charge in [-0.1, -0.05) is 30.5 Å². The van der Waals surface area contributed by atoms with E-state index in [9.17, 15) is 0 Å². The first kappa shape index (κ1) is 14.2. The predicted octanol–water partition coefficient (Wildman–Crippen LogP) is 3.51. The van der Waals surface area contributed by atoms with Gasteiger partial charge in [-0.05, 0) is 37.5 Å². The summed E-state index contributed by atoms with van der Waals surface area (Å²) in [5, 5.41) is 0.811. The Balaban J connectivity index is 1.87. The van der Waals surface area contributed by atoms with Crippen molar-refractivity contribution in [3.8, 4) is 0 Å². The molecule has 1 aliphatic heterocycles. The van der Waals surface area contributed by atoms with Crippen LogP contribution in [-0.4, -0.2) is 25.3 Å². The van der Waals surface area contributed by atoms with E-state index in [0.717, 1.165) is 29.4 Å². The van der Waals surface area contributed by atoms with E-state index in [1.165, 1.54) is 25.7 Å². The first-order valence-electron chi connectivity index (χ1n) is 7.60. The molecule has 2 N–H and O–H groups in total. The number of rotatable bonds is 2. The van der Waals surface area contributed by atoms with Crippen molar-refractivity contribution in [2.75, 3.05) is 18.1 Å². The minimum atomic E-state index is 0.0219. The number of benzene rings is 1. The zero-order chi connectivity index (χ0) is 14.1. The van der Waals surface area contributed by atoms with Crippen LogP contribution >= 0.6 is 11.6 Å². The van der Waals surface area contributed by atoms with Crippen molar-refractivity contribution < 1.29 is 4.74 Å². The van der Waals surface area contributed by atoms with Crippen LogP contribution in [0.25, 0.3) is 0 Å². The van der Waals surface area contributed by atoms with Crippen molar-refractivity contribution in [3.63, 3.8) is 0 Å². The highest BCUT2D eigenvalue weighted by Crippen LogP contribution is 2.36. The Morgan fingerprint density at radius 3 is 2.90 bits per heavy atom. The van der Waals surface area contributed by atoms with E-state index in [0.29, 0.717) is 12.1 Å². The molecule has 1 aromatic rings. The van der Waals surface area contributed by atoms with Gasteiger partial charge in [0.1, 0.15) is 0 Å². The molecule has 0 radical (unpaired) electrons. The van der Waals surface area contributed by atoms with Crippen molar-refractivity contribution in [2.45, 2.75) is 50.8 Å². The van der Waals surface area contributed by atoms with Crippen molar-refractivity contribution in [1.82, 2.24) is 0 Å². The summed E-state index contributed by atoms with van der Waals surface area (Å²) in [6, 6.07) is 6.73. The molecule has 0 amide bonds. The number of ether oxygens (including phenoxy) is 1. The third-order valence-electron chi connectivity index (χ3n) is 4.54. The standard InChI is InChI=1S/C16H23ClN2O/c1-11(18)12-6-7-14(13(17)10-12)19-8-9-20-16-5-3-2-4-15(16)19/h6-7,10-11,15-16H,2-5,8-9,18H2,1H3/t11-,15?,16?/m0/s1. The van der Waals surface area contributed by atoms with Crippen LogP contribution in [0.4, 0.5) is 5.69 Å². The molecule has 2 unspecified atom stereocenters. The summed E-state index contributed by atoms with van der Waals surface area (Å²) < 4.78 is 5.93. The quantitative estimate of drug-likeness (QED) is 0.907. The van der Waals surface area contributed by atoms with Crippen molar-refractivity contribution >= 4 is 17.3 Å². The van der Waals surface area contributed by atoms with Gasteiger partial charge in [0.15, 0.2) is 0 Å². The molecule has 3 atom stereocenters. The van der Waals surface area contributed by atoms with Crippen LogP contribution in [0.1, 0.15) is 44.2 Å². The number of halogens is 1. The highest BCUT2D eigenvalue weighted by Gasteiger charge is 2.34. The second-order valence-electron chi connectivity index (χ2n) is 5.95. The first-order chi connectivity index (χ1) is 9.66. The minimum Gasteiger partial charge on any atom is -0.374 e. The van der Waals surface area contributed by atoms with Gasteiger partial charge in [0.05, 0.1) is 29.5 Å². The molecule has 0 bridgehead atoms. The second kappa shape index (κ2) is 5.92. The number of fused-ring (bicyclic) bond motifs is 1. The smallest absolute Gasteiger partial charge is 0.0779 e. The van der Waals surface area contributed by atoms with E-state index in [2.05, 4.69) is 17.0 Å². The Morgan fingerprint density at radius 2 is 2.15 bits per heavy atom. The van der Waals surface area contributed by atoms with Gasteiger partial charge < -0.3 is 15.4 Å². The molecular weight excluding hydrogens is 272 g/mol. The van der Waals surface area contributed by atoms with Crippen LogP contribution in [0.5, 0.6) is 0 Å². The Kier molecular flexibility index (Phi) is 4.20. The lowest BCUT2D eigenvalue weighted by molar-refractivity contribution is -0.00866. The van der Waals surface area contributed by atoms with Crippen LogP contribution in [0.2, 0.25) is 5.02 Å². The summed E-state index contributed by atoms with van der Waals surface area (Å²) >= 11 is 6.50. The van der Waals surface area contributed by atoms with Crippen molar-refractivity contribution in [1.29, 1.82) is 0 Å². The van der Waals surface area contributed by atoms with Crippen LogP contribution in [0, 0.1) is 0 Å². The number of nitrogens with zero attached hydrogens (tertiary/aromatic N) is 1. The molecule has 110 valence electrons. The fourth-order valence-corrected chi connectivity index (χ4v) is 3.73. The molecule has 4 heteroatoms. The first-order valence-corrected chi connectivity index (χ1v) is 7.98. The number of hydrogen-bond donors (Lipinski definition) is 1. The van der Waals surface area contributed by atoms with Crippen molar-refractivity contribution in [2.24, 2.45) is 5.73 Å². The molecular formula is C16H23ClN2O. The van der Waals surface area contributed by atoms with E-state index in [1.807, 2.05) is 13.0 Å². The zero-order valence-corrected chi connectivity index (χ0v) is 12.8. The van der Waals surface area contributed by atoms with Gasteiger partial charge in [-0.3, -0.25) is 0 Å². The van der Waals surface area contributed by atoms with E-state index < -0.39 is 0 Å². The van der Waals surface area contributed by atoms with Gasteiger partial charge in [-0.15, -0.1) is 0 Å². The average molecular weight is 295 g/mol. The number of nitrogens with two attached hydrogens (primary N) is 1. The second-order valence-corrected chi connectivity index (χ2v) is 6.36. The fraction of sp³-hybridized carbons (Fsp3) is 0.625. The Labute approximate surface area is 126 Å². The SMILES string of the molecule is C[C@H](N)c1ccc(N2CCOC3CCCCC32)c(Cl)c1. The normalized spacial score (nSPS) is 28.1. The van der Waals surface area contributed by atoms with Gasteiger partial charge in [-0.25, -0.2) is 0 Å². The zero-order valence-electron chi connectivity index (χ0n) is 12.0. The summed E-state index contributed by atoms with van der Waals surface area (Å²) in [5.41, 5.74) is 8.15. The Bertz CT molecular complexity index is 476. The molecule has 2 fully saturated rings. The summed E-state index contributed by atoms with van der Waals surface area (Å²) in [5.74, 6) is 0. The topological polar surface area (TPSA) is 38.5 Å². The highest BCUT2D eigenvalue weighted by molar-refractivity contribution is 6.33. The van der Waals surface area contributed by atoms with Crippen LogP contribution < -0.4 is 10.6 Å². The molecule has 1 saturated carbocycles. The van der Waals surface area contributed by atoms with Gasteiger partial charge in [-0.2, -0.15) is 0 Å². The van der Waals surface area contributed by atoms with E-state index in [1.54, 1.807) is 0 Å². The van der Waals surface area contributed by atoms with E-state index >= 15 is 0 Å². The van der Waals surface area contributed by atoms with Gasteiger partial charge >= 0.3 is 0 Å². The molecule has 3 nitrogen and oxygen atoms in total. The number of morpholine rings is 1. The molecule has 1 saturated heterocycles. The number of anilines is 1. The fourth-order valence-electron chi connectivity index (χ4n) is 3.43. The average Bonchev–Trinajstić information content (AvgIpc) is 2.46. The van der Waals surface area contributed by atoms with Gasteiger partial charge in [0, 0.05) is 12.6 Å². The molecule has 0 aromatic heterocycles. The third-order valence-corrected chi connectivity index (χ3v) is 4.84. The molecule has 1 aromatic carbocycles. The predicted molar refractivity (Wildman–Crippen MR) is 83.4 cm³/mol. The molecule has 0 spiro atoms. The van der Waals surface area contributed by atoms with Gasteiger partial charge in [0.2, 0.25) is 0 Å². The third kappa shape index (κ3) is 2.67. The summed E-state index contributed by atoms with van der Waals surface area (Å²) in [6.07, 6.45) is 5.33. The minimum absolute atomic E-state index is 0.0219. The summed E-state index contributed by atoms with van der Waals surface area (Å²) in [7, 11) is 0. The van der Waals surface area contributed by atoms with Crippen LogP contribution in [0.3, 0.4) is 0 Å². The monoisotopic (exact) mass is 294 g/mol. The largest absolute Gasteiger partial charge is 0.374 e. The molecule has 1 heterocycles. The van der Waals surface area contributed by atoms with E-state index in [-0.39, 0.29) is 6.04 Å². The molecule has 20 heavy (non-hydrogen) atoms. The number of hydrogen-bond acceptors (Lipinski definition) is 3. The Hall–Kier alpha value is -0.770. The highest BCUT2D eigenvalue weighted by atomic mass is 35.5. The Morgan fingerprint density at radius 1 is 1.35 bits per heavy atom. The molecule has 3 rings (SSSR count). The van der Waals surface area contributed by atoms with Gasteiger partial charge in [0.25, 0.3) is 0 Å².